The van der Waals surface area contributed by atoms with Crippen LogP contribution in [0, 0.1) is 5.92 Å². The number of hydrogen-bond acceptors (Lipinski definition) is 9. The van der Waals surface area contributed by atoms with Gasteiger partial charge in [-0.2, -0.15) is 13.2 Å². The fraction of sp³-hybridized carbons (Fsp3) is 0.571. The Hall–Kier alpha value is -2.65. The van der Waals surface area contributed by atoms with Gasteiger partial charge in [-0.1, -0.05) is 6.42 Å². The van der Waals surface area contributed by atoms with Crippen molar-refractivity contribution in [3.05, 3.63) is 20.4 Å². The summed E-state index contributed by atoms with van der Waals surface area (Å²) in [6.07, 6.45) is -4.25. The summed E-state index contributed by atoms with van der Waals surface area (Å²) in [4.78, 5) is 44.6. The van der Waals surface area contributed by atoms with E-state index in [9.17, 15) is 32.7 Å². The highest BCUT2D eigenvalue weighted by Crippen LogP contribution is 2.34. The fourth-order valence-electron chi connectivity index (χ4n) is 2.96. The number of alkyl halides is 3. The van der Waals surface area contributed by atoms with Gasteiger partial charge in [0.25, 0.3) is 10.9 Å². The Kier molecular flexibility index (Phi) is 7.40. The molecular formula is C14H19BF3N3O8. The molecule has 1 aromatic rings. The van der Waals surface area contributed by atoms with Gasteiger partial charge in [-0.05, 0) is 12.7 Å². The van der Waals surface area contributed by atoms with Crippen LogP contribution in [-0.2, 0) is 9.59 Å². The van der Waals surface area contributed by atoms with Crippen LogP contribution in [0.2, 0.25) is 6.32 Å². The van der Waals surface area contributed by atoms with Crippen molar-refractivity contribution in [1.82, 2.24) is 0 Å². The van der Waals surface area contributed by atoms with Crippen LogP contribution in [0.5, 0.6) is 0 Å². The molecule has 2 rings (SSSR count). The molecule has 1 aromatic carbocycles. The van der Waals surface area contributed by atoms with Crippen LogP contribution in [0.1, 0.15) is 12.8 Å². The molecule has 0 radical (unpaired) electrons. The van der Waals surface area contributed by atoms with Crippen molar-refractivity contribution in [2.45, 2.75) is 30.9 Å². The number of nitrogens with zero attached hydrogens (tertiary/aromatic N) is 1. The molecule has 1 fully saturated rings. The van der Waals surface area contributed by atoms with Crippen LogP contribution in [-0.4, -0.2) is 64.1 Å². The number of carboxylic acids is 2. The molecule has 8 N–H and O–H groups in total. The van der Waals surface area contributed by atoms with E-state index in [0.717, 1.165) is 0 Å². The van der Waals surface area contributed by atoms with E-state index in [1.54, 1.807) is 0 Å². The first-order chi connectivity index (χ1) is 13.1. The van der Waals surface area contributed by atoms with Crippen molar-refractivity contribution in [2.75, 3.05) is 23.7 Å². The summed E-state index contributed by atoms with van der Waals surface area (Å²) < 4.78 is 31.7. The van der Waals surface area contributed by atoms with Crippen molar-refractivity contribution < 1.29 is 43.0 Å². The second-order valence-electron chi connectivity index (χ2n) is 6.56. The largest absolute Gasteiger partial charge is 0.490 e. The predicted molar refractivity (Wildman–Crippen MR) is 93.9 cm³/mol. The van der Waals surface area contributed by atoms with E-state index in [2.05, 4.69) is 0 Å². The van der Waals surface area contributed by atoms with E-state index in [0.29, 0.717) is 12.8 Å². The van der Waals surface area contributed by atoms with E-state index in [4.69, 9.17) is 31.4 Å². The molecule has 0 spiro atoms. The first kappa shape index (κ1) is 24.4. The van der Waals surface area contributed by atoms with Crippen LogP contribution in [0.25, 0.3) is 0 Å². The van der Waals surface area contributed by atoms with E-state index in [1.807, 2.05) is 0 Å². The van der Waals surface area contributed by atoms with Gasteiger partial charge in [0.05, 0.1) is 0 Å². The molecule has 0 amide bonds. The molecule has 0 saturated carbocycles. The Labute approximate surface area is 161 Å². The number of anilines is 2. The monoisotopic (exact) mass is 425 g/mol. The van der Waals surface area contributed by atoms with Gasteiger partial charge < -0.3 is 36.6 Å². The lowest BCUT2D eigenvalue weighted by Crippen LogP contribution is -2.55. The zero-order chi connectivity index (χ0) is 22.7. The zero-order valence-electron chi connectivity index (χ0n) is 14.8. The number of nitrogen functional groups attached to an aromatic ring is 1. The average molecular weight is 425 g/mol. The lowest BCUT2D eigenvalue weighted by Gasteiger charge is -2.25. The molecule has 1 aliphatic rings. The summed E-state index contributed by atoms with van der Waals surface area (Å²) in [6, 6.07) is 0. The molecule has 0 aliphatic carbocycles. The topological polar surface area (TPSA) is 204 Å². The Morgan fingerprint density at radius 1 is 1.21 bits per heavy atom. The fourth-order valence-corrected chi connectivity index (χ4v) is 2.96. The number of aliphatic carboxylic acids is 2. The van der Waals surface area contributed by atoms with Gasteiger partial charge in [-0.25, -0.2) is 4.79 Å². The SMILES string of the molecule is Nc1c(N2C[C@H](CCCB(O)O)[C@](N)(C(=O)O)C2)c(=O)c1=O.O=C(O)C(F)(F)F. The van der Waals surface area contributed by atoms with Crippen LogP contribution < -0.4 is 27.2 Å². The van der Waals surface area contributed by atoms with Crippen molar-refractivity contribution in [2.24, 2.45) is 11.7 Å². The number of carbonyl (C=O) groups is 2. The third-order valence-corrected chi connectivity index (χ3v) is 4.51. The van der Waals surface area contributed by atoms with E-state index >= 15 is 0 Å². The molecule has 15 heteroatoms. The first-order valence-electron chi connectivity index (χ1n) is 8.15. The maximum atomic E-state index is 11.6. The van der Waals surface area contributed by atoms with Crippen molar-refractivity contribution in [1.29, 1.82) is 0 Å². The molecule has 11 nitrogen and oxygen atoms in total. The summed E-state index contributed by atoms with van der Waals surface area (Å²) in [6.45, 7) is 0.0586. The summed E-state index contributed by atoms with van der Waals surface area (Å²) in [7, 11) is -1.46. The van der Waals surface area contributed by atoms with Crippen molar-refractivity contribution in [3.8, 4) is 0 Å². The second kappa shape index (κ2) is 8.79. The Balaban J connectivity index is 0.000000516. The third kappa shape index (κ3) is 5.45. The van der Waals surface area contributed by atoms with Gasteiger partial charge in [0.15, 0.2) is 0 Å². The van der Waals surface area contributed by atoms with E-state index in [1.165, 1.54) is 4.90 Å². The molecule has 1 aliphatic heterocycles. The van der Waals surface area contributed by atoms with E-state index in [-0.39, 0.29) is 30.8 Å². The minimum atomic E-state index is -5.08. The van der Waals surface area contributed by atoms with Gasteiger partial charge >= 0.3 is 25.2 Å². The number of halogens is 3. The summed E-state index contributed by atoms with van der Waals surface area (Å²) >= 11 is 0. The van der Waals surface area contributed by atoms with Gasteiger partial charge in [0.1, 0.15) is 16.9 Å². The zero-order valence-corrected chi connectivity index (χ0v) is 14.8. The highest BCUT2D eigenvalue weighted by atomic mass is 19.4. The average Bonchev–Trinajstić information content (AvgIpc) is 2.91. The van der Waals surface area contributed by atoms with Gasteiger partial charge in [-0.3, -0.25) is 14.4 Å². The molecule has 1 saturated heterocycles. The molecular weight excluding hydrogens is 406 g/mol. The summed E-state index contributed by atoms with van der Waals surface area (Å²) in [5, 5.41) is 34.2. The highest BCUT2D eigenvalue weighted by molar-refractivity contribution is 6.40. The number of nitrogens with two attached hydrogens (primary N) is 2. The lowest BCUT2D eigenvalue weighted by molar-refractivity contribution is -0.192. The summed E-state index contributed by atoms with van der Waals surface area (Å²) in [5.74, 6) is -4.46. The number of rotatable bonds is 6. The minimum absolute atomic E-state index is 0.0331. The standard InChI is InChI=1S/C12H18BN3O6.C2HF3O2/c14-7-8(10(18)9(7)17)16-4-6(2-1-3-13(21)22)12(15,5-16)11(19)20;3-2(4,5)1(6)7/h6,21-22H,1-5,14-15H2,(H,19,20);(H,6,7)/t6-,12-;/m0./s1. The highest BCUT2D eigenvalue weighted by Gasteiger charge is 2.50. The van der Waals surface area contributed by atoms with Gasteiger partial charge in [0, 0.05) is 19.0 Å². The van der Waals surface area contributed by atoms with Crippen LogP contribution >= 0.6 is 0 Å². The molecule has 29 heavy (non-hydrogen) atoms. The number of carboxylic acid groups (broad SMARTS) is 2. The quantitative estimate of drug-likeness (QED) is 0.217. The van der Waals surface area contributed by atoms with Gasteiger partial charge in [0.2, 0.25) is 0 Å². The third-order valence-electron chi connectivity index (χ3n) is 4.51. The second-order valence-corrected chi connectivity index (χ2v) is 6.56. The molecule has 0 aromatic heterocycles. The predicted octanol–water partition coefficient (Wildman–Crippen LogP) is -2.03. The lowest BCUT2D eigenvalue weighted by atomic mass is 9.78. The number of hydrogen-bond donors (Lipinski definition) is 6. The maximum absolute atomic E-state index is 11.6. The van der Waals surface area contributed by atoms with Crippen LogP contribution in [0.15, 0.2) is 9.59 Å². The van der Waals surface area contributed by atoms with Crippen molar-refractivity contribution >= 4 is 30.4 Å². The Bertz CT molecular complexity index is 839. The molecule has 1 heterocycles. The van der Waals surface area contributed by atoms with Crippen molar-refractivity contribution in [3.63, 3.8) is 0 Å². The normalized spacial score (nSPS) is 21.6. The molecule has 162 valence electrons. The maximum Gasteiger partial charge on any atom is 0.490 e. The molecule has 2 atom stereocenters. The molecule has 0 unspecified atom stereocenters. The minimum Gasteiger partial charge on any atom is -0.480 e. The first-order valence-corrected chi connectivity index (χ1v) is 8.15. The van der Waals surface area contributed by atoms with Crippen LogP contribution in [0.4, 0.5) is 24.5 Å². The van der Waals surface area contributed by atoms with E-state index < -0.39 is 47.5 Å². The molecule has 0 bridgehead atoms. The van der Waals surface area contributed by atoms with Crippen LogP contribution in [0.3, 0.4) is 0 Å². The smallest absolute Gasteiger partial charge is 0.480 e. The Morgan fingerprint density at radius 3 is 2.10 bits per heavy atom. The summed E-state index contributed by atoms with van der Waals surface area (Å²) in [5.41, 5.74) is 8.27. The Morgan fingerprint density at radius 2 is 1.72 bits per heavy atom. The van der Waals surface area contributed by atoms with Gasteiger partial charge in [-0.15, -0.1) is 0 Å².